The van der Waals surface area contributed by atoms with Gasteiger partial charge in [0, 0.05) is 24.7 Å². The normalized spacial score (nSPS) is 15.4. The van der Waals surface area contributed by atoms with E-state index in [4.69, 9.17) is 9.47 Å². The highest BCUT2D eigenvalue weighted by atomic mass is 16.5. The summed E-state index contributed by atoms with van der Waals surface area (Å²) in [6.45, 7) is 0.821. The Hall–Kier alpha value is -5.44. The minimum Gasteiger partial charge on any atom is -0.508 e. The molecule has 2 atom stereocenters. The molecule has 0 radical (unpaired) electrons. The van der Waals surface area contributed by atoms with E-state index in [0.29, 0.717) is 42.8 Å². The molecule has 5 N–H and O–H groups in total. The summed E-state index contributed by atoms with van der Waals surface area (Å²) in [6.07, 6.45) is 3.67. The van der Waals surface area contributed by atoms with Crippen LogP contribution >= 0.6 is 0 Å². The van der Waals surface area contributed by atoms with Crippen molar-refractivity contribution in [1.29, 1.82) is 0 Å². The van der Waals surface area contributed by atoms with E-state index in [1.807, 2.05) is 36.4 Å². The number of rotatable bonds is 11. The van der Waals surface area contributed by atoms with Crippen LogP contribution in [0.5, 0.6) is 28.7 Å². The lowest BCUT2D eigenvalue weighted by Gasteiger charge is -2.20. The first kappa shape index (κ1) is 30.0. The second-order valence-electron chi connectivity index (χ2n) is 10.5. The van der Waals surface area contributed by atoms with Crippen molar-refractivity contribution in [3.8, 4) is 28.7 Å². The van der Waals surface area contributed by atoms with Gasteiger partial charge in [0.2, 0.25) is 11.8 Å². The zero-order chi connectivity index (χ0) is 31.1. The van der Waals surface area contributed by atoms with Crippen molar-refractivity contribution in [2.75, 3.05) is 20.2 Å². The smallest absolute Gasteiger partial charge is 0.244 e. The standard InChI is InChI=1S/C35H34N2O7/c1-43-31-21-25(8-13-29(31)40)34-33(35(42)37-19-17-23-4-11-27(39)12-5-23)28-20-24(6-14-30(28)44-34)7-15-32(41)36-18-16-22-2-9-26(38)10-3-22/h2-15,20-21,33-34,38-40H,16-19H2,1H3,(H,36,41)(H,37,42)/b15-7+/t33-,34+/m1/s1. The van der Waals surface area contributed by atoms with Gasteiger partial charge in [-0.05, 0) is 89.7 Å². The molecular formula is C35H34N2O7. The fourth-order valence-corrected chi connectivity index (χ4v) is 5.13. The first-order valence-corrected chi connectivity index (χ1v) is 14.3. The van der Waals surface area contributed by atoms with Crippen LogP contribution < -0.4 is 20.1 Å². The third-order valence-electron chi connectivity index (χ3n) is 7.47. The Labute approximate surface area is 255 Å². The Morgan fingerprint density at radius 1 is 0.818 bits per heavy atom. The molecule has 0 saturated carbocycles. The summed E-state index contributed by atoms with van der Waals surface area (Å²) in [6, 6.07) is 24.0. The number of carbonyl (C=O) groups is 2. The molecule has 2 amide bonds. The van der Waals surface area contributed by atoms with Crippen LogP contribution in [0.3, 0.4) is 0 Å². The highest BCUT2D eigenvalue weighted by Gasteiger charge is 2.41. The summed E-state index contributed by atoms with van der Waals surface area (Å²) in [5, 5.41) is 34.9. The number of benzene rings is 4. The minimum atomic E-state index is -0.702. The molecule has 1 aliphatic heterocycles. The van der Waals surface area contributed by atoms with Gasteiger partial charge in [-0.25, -0.2) is 0 Å². The van der Waals surface area contributed by atoms with Gasteiger partial charge in [0.25, 0.3) is 0 Å². The number of nitrogens with one attached hydrogen (secondary N) is 2. The monoisotopic (exact) mass is 594 g/mol. The number of fused-ring (bicyclic) bond motifs is 1. The summed E-state index contributed by atoms with van der Waals surface area (Å²) in [5.41, 5.74) is 4.05. The maximum absolute atomic E-state index is 13.7. The number of aromatic hydroxyl groups is 3. The Bertz CT molecular complexity index is 1650. The van der Waals surface area contributed by atoms with E-state index in [1.54, 1.807) is 48.5 Å². The Morgan fingerprint density at radius 2 is 1.45 bits per heavy atom. The van der Waals surface area contributed by atoms with Gasteiger partial charge >= 0.3 is 0 Å². The summed E-state index contributed by atoms with van der Waals surface area (Å²) >= 11 is 0. The lowest BCUT2D eigenvalue weighted by molar-refractivity contribution is -0.124. The highest BCUT2D eigenvalue weighted by molar-refractivity contribution is 5.92. The van der Waals surface area contributed by atoms with Crippen LogP contribution in [0.1, 0.15) is 39.8 Å². The van der Waals surface area contributed by atoms with Gasteiger partial charge in [-0.1, -0.05) is 36.4 Å². The molecule has 4 aromatic carbocycles. The van der Waals surface area contributed by atoms with Crippen molar-refractivity contribution in [3.05, 3.63) is 119 Å². The summed E-state index contributed by atoms with van der Waals surface area (Å²) < 4.78 is 11.6. The van der Waals surface area contributed by atoms with Crippen LogP contribution in [0.4, 0.5) is 0 Å². The third kappa shape index (κ3) is 7.30. The maximum atomic E-state index is 13.7. The van der Waals surface area contributed by atoms with Crippen molar-refractivity contribution in [1.82, 2.24) is 10.6 Å². The molecule has 1 heterocycles. The molecule has 0 fully saturated rings. The number of hydrogen-bond acceptors (Lipinski definition) is 7. The van der Waals surface area contributed by atoms with Gasteiger partial charge in [-0.2, -0.15) is 0 Å². The zero-order valence-electron chi connectivity index (χ0n) is 24.2. The van der Waals surface area contributed by atoms with Gasteiger partial charge < -0.3 is 35.4 Å². The number of phenols is 3. The number of phenolic OH excluding ortho intramolecular Hbond substituents is 3. The summed E-state index contributed by atoms with van der Waals surface area (Å²) in [5.74, 6) is 0.00189. The predicted molar refractivity (Wildman–Crippen MR) is 166 cm³/mol. The second kappa shape index (κ2) is 13.7. The molecule has 0 saturated heterocycles. The van der Waals surface area contributed by atoms with Gasteiger partial charge in [0.05, 0.1) is 7.11 Å². The average molecular weight is 595 g/mol. The minimum absolute atomic E-state index is 0.0181. The van der Waals surface area contributed by atoms with Crippen LogP contribution in [0.15, 0.2) is 91.0 Å². The molecule has 9 heteroatoms. The summed E-state index contributed by atoms with van der Waals surface area (Å²) in [4.78, 5) is 26.2. The van der Waals surface area contributed by atoms with Crippen LogP contribution in [-0.4, -0.2) is 47.3 Å². The molecule has 0 aliphatic carbocycles. The lowest BCUT2D eigenvalue weighted by Crippen LogP contribution is -2.33. The van der Waals surface area contributed by atoms with E-state index in [1.165, 1.54) is 19.3 Å². The topological polar surface area (TPSA) is 137 Å². The van der Waals surface area contributed by atoms with Crippen molar-refractivity contribution < 1.29 is 34.4 Å². The molecule has 9 nitrogen and oxygen atoms in total. The number of hydrogen-bond donors (Lipinski definition) is 5. The van der Waals surface area contributed by atoms with Crippen molar-refractivity contribution >= 4 is 17.9 Å². The largest absolute Gasteiger partial charge is 0.508 e. The van der Waals surface area contributed by atoms with E-state index < -0.39 is 12.0 Å². The molecule has 226 valence electrons. The van der Waals surface area contributed by atoms with E-state index in [2.05, 4.69) is 10.6 Å². The first-order chi connectivity index (χ1) is 21.3. The van der Waals surface area contributed by atoms with E-state index in [-0.39, 0.29) is 34.8 Å². The van der Waals surface area contributed by atoms with Crippen molar-refractivity contribution in [2.24, 2.45) is 0 Å². The lowest BCUT2D eigenvalue weighted by atomic mass is 9.89. The fraction of sp³-hybridized carbons (Fsp3) is 0.200. The molecule has 0 spiro atoms. The van der Waals surface area contributed by atoms with Crippen LogP contribution in [0, 0.1) is 0 Å². The molecule has 0 aromatic heterocycles. The Morgan fingerprint density at radius 3 is 2.09 bits per heavy atom. The molecule has 0 bridgehead atoms. The van der Waals surface area contributed by atoms with Gasteiger partial charge in [0.1, 0.15) is 29.3 Å². The number of carbonyl (C=O) groups excluding carboxylic acids is 2. The second-order valence-corrected chi connectivity index (χ2v) is 10.5. The number of ether oxygens (including phenoxy) is 2. The van der Waals surface area contributed by atoms with Gasteiger partial charge in [-0.3, -0.25) is 9.59 Å². The van der Waals surface area contributed by atoms with E-state index in [9.17, 15) is 24.9 Å². The average Bonchev–Trinajstić information content (AvgIpc) is 3.41. The molecule has 44 heavy (non-hydrogen) atoms. The zero-order valence-corrected chi connectivity index (χ0v) is 24.2. The van der Waals surface area contributed by atoms with Crippen molar-refractivity contribution in [3.63, 3.8) is 0 Å². The Kier molecular flexibility index (Phi) is 9.34. The van der Waals surface area contributed by atoms with E-state index in [0.717, 1.165) is 16.7 Å². The maximum Gasteiger partial charge on any atom is 0.244 e. The Balaban J connectivity index is 1.31. The van der Waals surface area contributed by atoms with Gasteiger partial charge in [0.15, 0.2) is 11.5 Å². The van der Waals surface area contributed by atoms with Crippen LogP contribution in [-0.2, 0) is 22.4 Å². The van der Waals surface area contributed by atoms with E-state index >= 15 is 0 Å². The van der Waals surface area contributed by atoms with Crippen LogP contribution in [0.2, 0.25) is 0 Å². The summed E-state index contributed by atoms with van der Waals surface area (Å²) in [7, 11) is 1.46. The fourth-order valence-electron chi connectivity index (χ4n) is 5.13. The van der Waals surface area contributed by atoms with Gasteiger partial charge in [-0.15, -0.1) is 0 Å². The molecule has 1 aliphatic rings. The first-order valence-electron chi connectivity index (χ1n) is 14.3. The number of amides is 2. The van der Waals surface area contributed by atoms with Crippen LogP contribution in [0.25, 0.3) is 6.08 Å². The molecular weight excluding hydrogens is 560 g/mol. The van der Waals surface area contributed by atoms with Crippen molar-refractivity contribution in [2.45, 2.75) is 24.9 Å². The molecule has 5 rings (SSSR count). The predicted octanol–water partition coefficient (Wildman–Crippen LogP) is 4.76. The third-order valence-corrected chi connectivity index (χ3v) is 7.47. The molecule has 4 aromatic rings. The quantitative estimate of drug-likeness (QED) is 0.158. The molecule has 0 unspecified atom stereocenters. The SMILES string of the molecule is COc1cc([C@@H]2Oc3ccc(/C=C/C(=O)NCCc4ccc(O)cc4)cc3[C@H]2C(=O)NCCc2ccc(O)cc2)ccc1O. The highest BCUT2D eigenvalue weighted by Crippen LogP contribution is 2.47. The number of methoxy groups -OCH3 is 1.